The number of methoxy groups -OCH3 is 1. The molecule has 0 N–H and O–H groups in total. The molecular formula is C11H21NO. The van der Waals surface area contributed by atoms with Gasteiger partial charge in [-0.05, 0) is 19.4 Å². The third kappa shape index (κ3) is 3.12. The van der Waals surface area contributed by atoms with Gasteiger partial charge in [0.2, 0.25) is 0 Å². The van der Waals surface area contributed by atoms with Crippen molar-refractivity contribution >= 4 is 0 Å². The van der Waals surface area contributed by atoms with Gasteiger partial charge < -0.3 is 9.64 Å². The molecule has 0 saturated carbocycles. The fourth-order valence-corrected chi connectivity index (χ4v) is 1.74. The van der Waals surface area contributed by atoms with Crippen LogP contribution in [0.1, 0.15) is 20.3 Å². The minimum Gasteiger partial charge on any atom is -0.380 e. The highest BCUT2D eigenvalue weighted by molar-refractivity contribution is 5.09. The van der Waals surface area contributed by atoms with E-state index in [1.165, 1.54) is 5.57 Å². The van der Waals surface area contributed by atoms with Crippen molar-refractivity contribution in [2.45, 2.75) is 26.4 Å². The monoisotopic (exact) mass is 183 g/mol. The number of likely N-dealkylation sites (N-methyl/N-ethyl adjacent to an activating group) is 1. The summed E-state index contributed by atoms with van der Waals surface area (Å²) in [5.74, 6) is 0.657. The molecule has 0 aromatic carbocycles. The summed E-state index contributed by atoms with van der Waals surface area (Å²) in [5, 5.41) is 0. The molecule has 0 aromatic heterocycles. The van der Waals surface area contributed by atoms with Gasteiger partial charge in [-0.15, -0.1) is 0 Å². The molecule has 1 atom stereocenters. The van der Waals surface area contributed by atoms with Crippen LogP contribution < -0.4 is 0 Å². The number of nitrogens with zero attached hydrogens (tertiary/aromatic N) is 1. The number of hydrogen-bond donors (Lipinski definition) is 0. The first-order valence-corrected chi connectivity index (χ1v) is 5.03. The van der Waals surface area contributed by atoms with Gasteiger partial charge in [0.1, 0.15) is 0 Å². The van der Waals surface area contributed by atoms with Crippen LogP contribution in [0, 0.1) is 5.92 Å². The van der Waals surface area contributed by atoms with Gasteiger partial charge in [-0.2, -0.15) is 0 Å². The zero-order chi connectivity index (χ0) is 9.84. The predicted octanol–water partition coefficient (Wildman–Crippen LogP) is 1.92. The van der Waals surface area contributed by atoms with Crippen molar-refractivity contribution < 1.29 is 4.74 Å². The molecule has 76 valence electrons. The molecule has 1 rings (SSSR count). The molecule has 0 unspecified atom stereocenters. The zero-order valence-electron chi connectivity index (χ0n) is 9.21. The van der Waals surface area contributed by atoms with E-state index in [-0.39, 0.29) is 0 Å². The number of rotatable bonds is 2. The Labute approximate surface area is 81.6 Å². The highest BCUT2D eigenvalue weighted by atomic mass is 16.5. The van der Waals surface area contributed by atoms with Crippen LogP contribution in [0.15, 0.2) is 11.6 Å². The van der Waals surface area contributed by atoms with E-state index in [2.05, 4.69) is 31.9 Å². The van der Waals surface area contributed by atoms with E-state index in [4.69, 9.17) is 4.74 Å². The standard InChI is InChI=1S/C11H21NO/c1-9(2)10-5-6-12(3)8-11(7-10)13-4/h5,9,11H,6-8H2,1-4H3/t11-/m0/s1. The van der Waals surface area contributed by atoms with Crippen LogP contribution in [0.25, 0.3) is 0 Å². The Morgan fingerprint density at radius 3 is 2.77 bits per heavy atom. The van der Waals surface area contributed by atoms with Crippen molar-refractivity contribution in [3.63, 3.8) is 0 Å². The first-order valence-electron chi connectivity index (χ1n) is 5.03. The van der Waals surface area contributed by atoms with Gasteiger partial charge >= 0.3 is 0 Å². The molecule has 0 bridgehead atoms. The Bertz CT molecular complexity index is 187. The number of ether oxygens (including phenoxy) is 1. The molecule has 0 fully saturated rings. The second-order valence-corrected chi connectivity index (χ2v) is 4.22. The minimum absolute atomic E-state index is 0.376. The Balaban J connectivity index is 2.64. The average Bonchev–Trinajstić information content (AvgIpc) is 2.26. The van der Waals surface area contributed by atoms with E-state index >= 15 is 0 Å². The van der Waals surface area contributed by atoms with Gasteiger partial charge in [0, 0.05) is 20.2 Å². The maximum atomic E-state index is 5.44. The molecule has 0 spiro atoms. The van der Waals surface area contributed by atoms with E-state index in [1.54, 1.807) is 0 Å². The fraction of sp³-hybridized carbons (Fsp3) is 0.818. The molecule has 1 aliphatic rings. The summed E-state index contributed by atoms with van der Waals surface area (Å²) < 4.78 is 5.44. The summed E-state index contributed by atoms with van der Waals surface area (Å²) in [6.45, 7) is 6.62. The molecule has 0 saturated heterocycles. The van der Waals surface area contributed by atoms with Crippen molar-refractivity contribution in [1.29, 1.82) is 0 Å². The summed E-state index contributed by atoms with van der Waals surface area (Å²) in [5.41, 5.74) is 1.54. The van der Waals surface area contributed by atoms with Crippen molar-refractivity contribution in [2.24, 2.45) is 5.92 Å². The second-order valence-electron chi connectivity index (χ2n) is 4.22. The van der Waals surface area contributed by atoms with Crippen molar-refractivity contribution in [1.82, 2.24) is 4.90 Å². The van der Waals surface area contributed by atoms with Crippen molar-refractivity contribution in [2.75, 3.05) is 27.2 Å². The summed E-state index contributed by atoms with van der Waals surface area (Å²) in [6.07, 6.45) is 3.82. The largest absolute Gasteiger partial charge is 0.380 e. The van der Waals surface area contributed by atoms with Gasteiger partial charge in [-0.3, -0.25) is 0 Å². The van der Waals surface area contributed by atoms with Crippen LogP contribution in [0.2, 0.25) is 0 Å². The Morgan fingerprint density at radius 1 is 1.54 bits per heavy atom. The smallest absolute Gasteiger partial charge is 0.0735 e. The fourth-order valence-electron chi connectivity index (χ4n) is 1.74. The van der Waals surface area contributed by atoms with E-state index in [0.717, 1.165) is 19.5 Å². The molecule has 0 aliphatic carbocycles. The van der Waals surface area contributed by atoms with E-state index in [9.17, 15) is 0 Å². The van der Waals surface area contributed by atoms with Gasteiger partial charge in [0.05, 0.1) is 6.10 Å². The van der Waals surface area contributed by atoms with E-state index in [1.807, 2.05) is 7.11 Å². The topological polar surface area (TPSA) is 12.5 Å². The lowest BCUT2D eigenvalue weighted by Crippen LogP contribution is -2.28. The lowest BCUT2D eigenvalue weighted by atomic mass is 9.97. The van der Waals surface area contributed by atoms with Crippen LogP contribution in [-0.2, 0) is 4.74 Å². The predicted molar refractivity (Wildman–Crippen MR) is 55.8 cm³/mol. The summed E-state index contributed by atoms with van der Waals surface area (Å²) in [4.78, 5) is 2.31. The maximum Gasteiger partial charge on any atom is 0.0735 e. The van der Waals surface area contributed by atoms with Gasteiger partial charge in [-0.25, -0.2) is 0 Å². The lowest BCUT2D eigenvalue weighted by Gasteiger charge is -2.19. The first-order chi connectivity index (χ1) is 6.13. The zero-order valence-corrected chi connectivity index (χ0v) is 9.21. The van der Waals surface area contributed by atoms with E-state index < -0.39 is 0 Å². The van der Waals surface area contributed by atoms with Crippen LogP contribution in [0.5, 0.6) is 0 Å². The Hall–Kier alpha value is -0.340. The highest BCUT2D eigenvalue weighted by Gasteiger charge is 2.17. The first kappa shape index (κ1) is 10.7. The molecule has 0 amide bonds. The maximum absolute atomic E-state index is 5.44. The SMILES string of the molecule is CO[C@H]1CC(C(C)C)=CCN(C)C1. The molecular weight excluding hydrogens is 162 g/mol. The molecule has 13 heavy (non-hydrogen) atoms. The van der Waals surface area contributed by atoms with Gasteiger partial charge in [-0.1, -0.05) is 25.5 Å². The Kier molecular flexibility index (Phi) is 3.94. The van der Waals surface area contributed by atoms with Crippen LogP contribution in [-0.4, -0.2) is 38.3 Å². The van der Waals surface area contributed by atoms with Crippen LogP contribution >= 0.6 is 0 Å². The summed E-state index contributed by atoms with van der Waals surface area (Å²) >= 11 is 0. The minimum atomic E-state index is 0.376. The summed E-state index contributed by atoms with van der Waals surface area (Å²) in [6, 6.07) is 0. The molecule has 0 aromatic rings. The molecule has 2 nitrogen and oxygen atoms in total. The normalized spacial score (nSPS) is 25.9. The highest BCUT2D eigenvalue weighted by Crippen LogP contribution is 2.20. The van der Waals surface area contributed by atoms with E-state index in [0.29, 0.717) is 12.0 Å². The third-order valence-electron chi connectivity index (χ3n) is 2.72. The van der Waals surface area contributed by atoms with Crippen molar-refractivity contribution in [3.8, 4) is 0 Å². The van der Waals surface area contributed by atoms with Gasteiger partial charge in [0.25, 0.3) is 0 Å². The Morgan fingerprint density at radius 2 is 2.23 bits per heavy atom. The summed E-state index contributed by atoms with van der Waals surface area (Å²) in [7, 11) is 3.95. The molecule has 1 heterocycles. The number of hydrogen-bond acceptors (Lipinski definition) is 2. The second kappa shape index (κ2) is 4.77. The average molecular weight is 183 g/mol. The van der Waals surface area contributed by atoms with Gasteiger partial charge in [0.15, 0.2) is 0 Å². The third-order valence-corrected chi connectivity index (χ3v) is 2.72. The van der Waals surface area contributed by atoms with Crippen molar-refractivity contribution in [3.05, 3.63) is 11.6 Å². The van der Waals surface area contributed by atoms with Crippen LogP contribution in [0.3, 0.4) is 0 Å². The molecule has 1 aliphatic heterocycles. The lowest BCUT2D eigenvalue weighted by molar-refractivity contribution is 0.0776. The molecule has 2 heteroatoms. The van der Waals surface area contributed by atoms with Crippen LogP contribution in [0.4, 0.5) is 0 Å². The molecule has 0 radical (unpaired) electrons. The quantitative estimate of drug-likeness (QED) is 0.606.